The molecule has 0 aliphatic carbocycles. The predicted octanol–water partition coefficient (Wildman–Crippen LogP) is 6.77. The van der Waals surface area contributed by atoms with Crippen LogP contribution in [0.2, 0.25) is 0 Å². The van der Waals surface area contributed by atoms with E-state index in [1.807, 2.05) is 25.3 Å². The predicted molar refractivity (Wildman–Crippen MR) is 179 cm³/mol. The van der Waals surface area contributed by atoms with Crippen LogP contribution < -0.4 is 11.1 Å². The van der Waals surface area contributed by atoms with Gasteiger partial charge in [0.2, 0.25) is 5.91 Å². The van der Waals surface area contributed by atoms with Crippen LogP contribution in [0.3, 0.4) is 0 Å². The average Bonchev–Trinajstić information content (AvgIpc) is 3.38. The van der Waals surface area contributed by atoms with Crippen molar-refractivity contribution >= 4 is 35.1 Å². The van der Waals surface area contributed by atoms with E-state index in [9.17, 15) is 19.5 Å². The first-order chi connectivity index (χ1) is 20.8. The molecule has 0 aromatic carbocycles. The molecule has 1 aromatic rings. The fraction of sp³-hybridized carbons (Fsp3) is 0.771. The largest absolute Gasteiger partial charge is 0.461 e. The van der Waals surface area contributed by atoms with Gasteiger partial charge in [-0.1, -0.05) is 66.7 Å². The number of aromatic nitrogens is 1. The number of nitrogens with one attached hydrogen (secondary N) is 1. The van der Waals surface area contributed by atoms with Crippen molar-refractivity contribution in [1.82, 2.24) is 10.3 Å². The number of amides is 1. The molecule has 2 rings (SSSR count). The van der Waals surface area contributed by atoms with Crippen LogP contribution in [0, 0.1) is 30.1 Å². The number of rotatable bonds is 10. The third-order valence-corrected chi connectivity index (χ3v) is 10.2. The third-order valence-electron chi connectivity index (χ3n) is 9.37. The molecular formula is C35H59N3O5S. The van der Waals surface area contributed by atoms with Crippen molar-refractivity contribution in [1.29, 1.82) is 0 Å². The number of unbranched alkanes of at least 4 members (excludes halogenated alkanes) is 4. The van der Waals surface area contributed by atoms with E-state index in [-0.39, 0.29) is 36.0 Å². The third kappa shape index (κ3) is 12.4. The monoisotopic (exact) mass is 633 g/mol. The van der Waals surface area contributed by atoms with Gasteiger partial charge in [0, 0.05) is 11.8 Å². The van der Waals surface area contributed by atoms with E-state index in [0.29, 0.717) is 18.9 Å². The fourth-order valence-electron chi connectivity index (χ4n) is 6.19. The van der Waals surface area contributed by atoms with Gasteiger partial charge in [-0.25, -0.2) is 4.98 Å². The number of thiazole rings is 1. The van der Waals surface area contributed by atoms with Crippen molar-refractivity contribution in [3.8, 4) is 0 Å². The number of aliphatic hydroxyl groups excluding tert-OH is 1. The maximum Gasteiger partial charge on any atom is 0.306 e. The molecule has 6 atom stereocenters. The summed E-state index contributed by atoms with van der Waals surface area (Å²) in [5.41, 5.74) is 6.27. The molecule has 0 bridgehead atoms. The molecule has 2 heterocycles. The summed E-state index contributed by atoms with van der Waals surface area (Å²) in [4.78, 5) is 44.6. The highest BCUT2D eigenvalue weighted by Gasteiger charge is 2.43. The van der Waals surface area contributed by atoms with Crippen LogP contribution in [0.4, 0.5) is 0 Å². The lowest BCUT2D eigenvalue weighted by atomic mass is 9.72. The summed E-state index contributed by atoms with van der Waals surface area (Å²) in [6, 6.07) is -0.187. The molecule has 0 saturated carbocycles. The van der Waals surface area contributed by atoms with Crippen molar-refractivity contribution in [2.45, 2.75) is 144 Å². The number of nitrogens with zero attached hydrogens (tertiary/aromatic N) is 1. The lowest BCUT2D eigenvalue weighted by Crippen LogP contribution is -2.48. The molecule has 9 heteroatoms. The van der Waals surface area contributed by atoms with Crippen molar-refractivity contribution < 1.29 is 24.2 Å². The van der Waals surface area contributed by atoms with Crippen LogP contribution in [0.25, 0.3) is 6.08 Å². The van der Waals surface area contributed by atoms with Gasteiger partial charge in [-0.3, -0.25) is 14.4 Å². The molecule has 1 fully saturated rings. The van der Waals surface area contributed by atoms with Gasteiger partial charge in [0.25, 0.3) is 0 Å². The number of hydrogen-bond donors (Lipinski definition) is 3. The molecular weight excluding hydrogens is 574 g/mol. The van der Waals surface area contributed by atoms with Crippen molar-refractivity contribution in [2.24, 2.45) is 28.9 Å². The molecule has 1 saturated heterocycles. The molecule has 0 spiro atoms. The Hall–Kier alpha value is -2.10. The quantitative estimate of drug-likeness (QED) is 0.191. The second kappa shape index (κ2) is 18.8. The summed E-state index contributed by atoms with van der Waals surface area (Å²) in [6.07, 6.45) is 9.70. The topological polar surface area (TPSA) is 132 Å². The number of nitrogens with two attached hydrogens (primary N) is 1. The molecule has 4 N–H and O–H groups in total. The van der Waals surface area contributed by atoms with E-state index < -0.39 is 23.5 Å². The summed E-state index contributed by atoms with van der Waals surface area (Å²) in [5.74, 6) is -0.956. The normalized spacial score (nSPS) is 28.0. The minimum atomic E-state index is -1.20. The molecule has 1 aliphatic rings. The van der Waals surface area contributed by atoms with Crippen LogP contribution in [-0.4, -0.2) is 52.5 Å². The summed E-state index contributed by atoms with van der Waals surface area (Å²) >= 11 is 1.59. The number of carbonyl (C=O) groups excluding carboxylic acids is 3. The molecule has 44 heavy (non-hydrogen) atoms. The number of esters is 1. The molecule has 250 valence electrons. The number of ether oxygens (including phenoxy) is 1. The molecule has 1 unspecified atom stereocenters. The van der Waals surface area contributed by atoms with Gasteiger partial charge < -0.3 is 20.9 Å². The van der Waals surface area contributed by atoms with Gasteiger partial charge in [-0.15, -0.1) is 11.3 Å². The Kier molecular flexibility index (Phi) is 16.2. The Labute approximate surface area is 270 Å². The molecule has 1 aliphatic heterocycles. The first-order valence-electron chi connectivity index (χ1n) is 16.8. The zero-order valence-corrected chi connectivity index (χ0v) is 29.1. The Morgan fingerprint density at radius 2 is 1.80 bits per heavy atom. The standard InChI is InChI=1S/C35H59N3O5S/c1-23-14-13-15-24(2)33(43-32(41)16-11-9-8-10-12-19-36)26(4)34(42)35(6,7)30(39)21-31(40)38-29(18-17-23)25(3)20-28-22-44-27(5)37-28/h20,22-24,26,29-30,33,39H,8-19,21,36H2,1-7H3,(H,38,40)/b25-20+/t23-,24-,26+,29-,30-,33?/m0/s1. The lowest BCUT2D eigenvalue weighted by Gasteiger charge is -2.36. The Morgan fingerprint density at radius 3 is 2.45 bits per heavy atom. The van der Waals surface area contributed by atoms with Gasteiger partial charge >= 0.3 is 5.97 Å². The Bertz CT molecular complexity index is 1080. The van der Waals surface area contributed by atoms with Crippen LogP contribution >= 0.6 is 11.3 Å². The minimum absolute atomic E-state index is 0.0155. The number of ketones is 1. The number of aryl methyl sites for hydroxylation is 1. The van der Waals surface area contributed by atoms with Gasteiger partial charge in [-0.2, -0.15) is 0 Å². The maximum absolute atomic E-state index is 13.9. The summed E-state index contributed by atoms with van der Waals surface area (Å²) in [6.45, 7) is 14.1. The highest BCUT2D eigenvalue weighted by atomic mass is 32.1. The van der Waals surface area contributed by atoms with E-state index in [2.05, 4.69) is 24.1 Å². The van der Waals surface area contributed by atoms with Crippen LogP contribution in [0.1, 0.15) is 129 Å². The second-order valence-electron chi connectivity index (χ2n) is 13.7. The zero-order valence-electron chi connectivity index (χ0n) is 28.3. The Balaban J connectivity index is 2.21. The lowest BCUT2D eigenvalue weighted by molar-refractivity contribution is -0.160. The van der Waals surface area contributed by atoms with Gasteiger partial charge in [-0.05, 0) is 76.0 Å². The highest BCUT2D eigenvalue weighted by molar-refractivity contribution is 7.09. The smallest absolute Gasteiger partial charge is 0.306 e. The first kappa shape index (κ1) is 38.1. The molecule has 1 aromatic heterocycles. The number of Topliss-reactive ketones (excluding diaryl/α,β-unsaturated/α-hetero) is 1. The Morgan fingerprint density at radius 1 is 1.11 bits per heavy atom. The average molecular weight is 634 g/mol. The minimum Gasteiger partial charge on any atom is -0.461 e. The SMILES string of the molecule is C/C(=C\c1csc(C)n1)[C@@H]1CC[C@@H](C)CCC[C@H](C)C(OC(=O)CCCCCCCN)[C@@H](C)C(=O)C(C)(C)[C@@H](O)CC(=O)N1. The van der Waals surface area contributed by atoms with E-state index in [0.717, 1.165) is 80.5 Å². The fourth-order valence-corrected chi connectivity index (χ4v) is 6.76. The number of hydrogen-bond acceptors (Lipinski definition) is 8. The summed E-state index contributed by atoms with van der Waals surface area (Å²) in [7, 11) is 0. The van der Waals surface area contributed by atoms with Crippen molar-refractivity contribution in [2.75, 3.05) is 6.54 Å². The summed E-state index contributed by atoms with van der Waals surface area (Å²) in [5, 5.41) is 17.4. The van der Waals surface area contributed by atoms with E-state index in [1.54, 1.807) is 32.1 Å². The second-order valence-corrected chi connectivity index (χ2v) is 14.8. The van der Waals surface area contributed by atoms with E-state index in [4.69, 9.17) is 10.5 Å². The van der Waals surface area contributed by atoms with Crippen LogP contribution in [0.5, 0.6) is 0 Å². The summed E-state index contributed by atoms with van der Waals surface area (Å²) < 4.78 is 6.03. The maximum atomic E-state index is 13.9. The van der Waals surface area contributed by atoms with Gasteiger partial charge in [0.05, 0.1) is 40.6 Å². The van der Waals surface area contributed by atoms with Gasteiger partial charge in [0.1, 0.15) is 11.9 Å². The van der Waals surface area contributed by atoms with Crippen molar-refractivity contribution in [3.63, 3.8) is 0 Å². The van der Waals surface area contributed by atoms with E-state index in [1.165, 1.54) is 0 Å². The molecule has 1 amide bonds. The van der Waals surface area contributed by atoms with E-state index >= 15 is 0 Å². The number of carbonyl (C=O) groups is 3. The van der Waals surface area contributed by atoms with Crippen LogP contribution in [-0.2, 0) is 19.1 Å². The van der Waals surface area contributed by atoms with Crippen molar-refractivity contribution in [3.05, 3.63) is 21.7 Å². The highest BCUT2D eigenvalue weighted by Crippen LogP contribution is 2.34. The zero-order chi connectivity index (χ0) is 32.9. The van der Waals surface area contributed by atoms with Gasteiger partial charge in [0.15, 0.2) is 0 Å². The first-order valence-corrected chi connectivity index (χ1v) is 17.7. The molecule has 0 radical (unpaired) electrons. The number of aliphatic hydroxyl groups is 1. The molecule has 8 nitrogen and oxygen atoms in total. The van der Waals surface area contributed by atoms with Crippen LogP contribution in [0.15, 0.2) is 11.0 Å².